The molecule has 0 radical (unpaired) electrons. The van der Waals surface area contributed by atoms with Crippen LogP contribution in [0.4, 0.5) is 0 Å². The number of carbonyl (C=O) groups is 2. The predicted octanol–water partition coefficient (Wildman–Crippen LogP) is 0.762. The minimum atomic E-state index is -3.85. The van der Waals surface area contributed by atoms with Gasteiger partial charge in [-0.25, -0.2) is 13.2 Å². The Kier molecular flexibility index (Phi) is 6.18. The first kappa shape index (κ1) is 19.8. The lowest BCUT2D eigenvalue weighted by Crippen LogP contribution is -2.44. The van der Waals surface area contributed by atoms with E-state index in [0.717, 1.165) is 19.4 Å². The third-order valence-corrected chi connectivity index (χ3v) is 6.69. The van der Waals surface area contributed by atoms with Crippen molar-refractivity contribution >= 4 is 21.9 Å². The Labute approximate surface area is 158 Å². The summed E-state index contributed by atoms with van der Waals surface area (Å²) in [6.45, 7) is 1.67. The van der Waals surface area contributed by atoms with Gasteiger partial charge in [0.15, 0.2) is 0 Å². The van der Waals surface area contributed by atoms with Crippen molar-refractivity contribution in [3.63, 3.8) is 0 Å². The summed E-state index contributed by atoms with van der Waals surface area (Å²) in [6.07, 6.45) is 2.91. The molecular weight excluding hydrogens is 376 g/mol. The Balaban J connectivity index is 1.53. The maximum atomic E-state index is 12.7. The van der Waals surface area contributed by atoms with Crippen molar-refractivity contribution in [3.05, 3.63) is 17.9 Å². The van der Waals surface area contributed by atoms with Crippen molar-refractivity contribution in [2.24, 2.45) is 5.92 Å². The average molecular weight is 400 g/mol. The molecule has 150 valence electrons. The fraction of sp³-hybridized carbons (Fsp3) is 0.647. The number of nitrogens with one attached hydrogen (secondary N) is 1. The van der Waals surface area contributed by atoms with Crippen molar-refractivity contribution in [2.75, 3.05) is 33.4 Å². The quantitative estimate of drug-likeness (QED) is 0.701. The number of piperidine rings is 1. The maximum Gasteiger partial charge on any atom is 0.374 e. The highest BCUT2D eigenvalue weighted by atomic mass is 32.2. The van der Waals surface area contributed by atoms with E-state index in [1.165, 1.54) is 23.5 Å². The van der Waals surface area contributed by atoms with E-state index in [1.54, 1.807) is 0 Å². The van der Waals surface area contributed by atoms with Crippen LogP contribution in [0.5, 0.6) is 0 Å². The zero-order chi connectivity index (χ0) is 19.4. The molecule has 1 unspecified atom stereocenters. The summed E-state index contributed by atoms with van der Waals surface area (Å²) >= 11 is 0. The summed E-state index contributed by atoms with van der Waals surface area (Å²) in [5.41, 5.74) is 0. The molecule has 1 atom stereocenters. The molecule has 2 aliphatic heterocycles. The first-order valence-electron chi connectivity index (χ1n) is 8.99. The molecule has 0 spiro atoms. The molecule has 2 aliphatic rings. The van der Waals surface area contributed by atoms with Crippen LogP contribution < -0.4 is 5.32 Å². The molecule has 1 aromatic heterocycles. The third kappa shape index (κ3) is 4.50. The number of ether oxygens (including phenoxy) is 2. The summed E-state index contributed by atoms with van der Waals surface area (Å²) in [7, 11) is -2.66. The average Bonchev–Trinajstić information content (AvgIpc) is 3.37. The number of amides is 1. The highest BCUT2D eigenvalue weighted by molar-refractivity contribution is 7.89. The molecule has 0 saturated carbocycles. The summed E-state index contributed by atoms with van der Waals surface area (Å²) in [4.78, 5) is 23.7. The second-order valence-electron chi connectivity index (χ2n) is 6.67. The number of hydrogen-bond acceptors (Lipinski definition) is 7. The topological polar surface area (TPSA) is 115 Å². The molecule has 1 aromatic rings. The number of carbonyl (C=O) groups excluding carboxylic acids is 2. The van der Waals surface area contributed by atoms with Crippen molar-refractivity contribution in [1.82, 2.24) is 9.62 Å². The van der Waals surface area contributed by atoms with Crippen molar-refractivity contribution in [3.8, 4) is 0 Å². The zero-order valence-corrected chi connectivity index (χ0v) is 16.0. The van der Waals surface area contributed by atoms with Crippen LogP contribution in [0, 0.1) is 5.92 Å². The van der Waals surface area contributed by atoms with Crippen molar-refractivity contribution in [1.29, 1.82) is 0 Å². The van der Waals surface area contributed by atoms with E-state index in [-0.39, 0.29) is 41.9 Å². The van der Waals surface area contributed by atoms with E-state index in [1.807, 2.05) is 0 Å². The lowest BCUT2D eigenvalue weighted by Gasteiger charge is -2.30. The molecule has 0 aromatic carbocycles. The summed E-state index contributed by atoms with van der Waals surface area (Å²) in [5.74, 6) is -1.19. The summed E-state index contributed by atoms with van der Waals surface area (Å²) in [6, 6.07) is 2.51. The number of rotatable bonds is 6. The van der Waals surface area contributed by atoms with Crippen LogP contribution in [0.25, 0.3) is 0 Å². The van der Waals surface area contributed by atoms with Gasteiger partial charge in [-0.3, -0.25) is 4.79 Å². The van der Waals surface area contributed by atoms with Crippen LogP contribution >= 0.6 is 0 Å². The molecule has 0 bridgehead atoms. The van der Waals surface area contributed by atoms with E-state index >= 15 is 0 Å². The normalized spacial score (nSPS) is 21.9. The zero-order valence-electron chi connectivity index (χ0n) is 15.2. The van der Waals surface area contributed by atoms with Gasteiger partial charge in [0.1, 0.15) is 0 Å². The van der Waals surface area contributed by atoms with Crippen LogP contribution in [-0.4, -0.2) is 64.1 Å². The fourth-order valence-electron chi connectivity index (χ4n) is 3.32. The van der Waals surface area contributed by atoms with Gasteiger partial charge in [-0.05, 0) is 37.8 Å². The van der Waals surface area contributed by atoms with Gasteiger partial charge in [0.05, 0.1) is 13.2 Å². The SMILES string of the molecule is COC(=O)c1ccc(S(=O)(=O)N2CCC(C(=O)NCC3CCCO3)CC2)o1. The molecule has 1 amide bonds. The van der Waals surface area contributed by atoms with Gasteiger partial charge >= 0.3 is 5.97 Å². The lowest BCUT2D eigenvalue weighted by molar-refractivity contribution is -0.126. The lowest BCUT2D eigenvalue weighted by atomic mass is 9.97. The van der Waals surface area contributed by atoms with Crippen LogP contribution in [-0.2, 0) is 24.3 Å². The van der Waals surface area contributed by atoms with Gasteiger partial charge in [-0.2, -0.15) is 4.31 Å². The molecule has 3 heterocycles. The Morgan fingerprint density at radius 1 is 1.26 bits per heavy atom. The minimum absolute atomic E-state index is 0.0616. The van der Waals surface area contributed by atoms with Crippen LogP contribution in [0.1, 0.15) is 36.2 Å². The molecule has 10 heteroatoms. The van der Waals surface area contributed by atoms with Crippen LogP contribution in [0.15, 0.2) is 21.6 Å². The number of esters is 1. The van der Waals surface area contributed by atoms with Crippen LogP contribution in [0.2, 0.25) is 0 Å². The molecule has 1 N–H and O–H groups in total. The molecule has 2 fully saturated rings. The van der Waals surface area contributed by atoms with E-state index in [2.05, 4.69) is 10.1 Å². The van der Waals surface area contributed by atoms with Gasteiger partial charge in [0.2, 0.25) is 16.8 Å². The van der Waals surface area contributed by atoms with E-state index < -0.39 is 16.0 Å². The van der Waals surface area contributed by atoms with Gasteiger partial charge < -0.3 is 19.2 Å². The second-order valence-corrected chi connectivity index (χ2v) is 8.54. The van der Waals surface area contributed by atoms with E-state index in [0.29, 0.717) is 19.4 Å². The van der Waals surface area contributed by atoms with E-state index in [9.17, 15) is 18.0 Å². The Morgan fingerprint density at radius 2 is 2.00 bits per heavy atom. The fourth-order valence-corrected chi connectivity index (χ4v) is 4.70. The van der Waals surface area contributed by atoms with Crippen molar-refractivity contribution < 1.29 is 31.9 Å². The summed E-state index contributed by atoms with van der Waals surface area (Å²) in [5, 5.41) is 2.60. The van der Waals surface area contributed by atoms with Crippen LogP contribution in [0.3, 0.4) is 0 Å². The molecule has 0 aliphatic carbocycles. The standard InChI is InChI=1S/C17H24N2O7S/c1-24-17(21)14-4-5-15(26-14)27(22,23)19-8-6-12(7-9-19)16(20)18-11-13-3-2-10-25-13/h4-5,12-13H,2-3,6-11H2,1H3,(H,18,20). The second kappa shape index (κ2) is 8.41. The van der Waals surface area contributed by atoms with Gasteiger partial charge in [-0.1, -0.05) is 0 Å². The van der Waals surface area contributed by atoms with Gasteiger partial charge in [0, 0.05) is 32.2 Å². The largest absolute Gasteiger partial charge is 0.463 e. The number of sulfonamides is 1. The highest BCUT2D eigenvalue weighted by Gasteiger charge is 2.34. The Morgan fingerprint density at radius 3 is 2.63 bits per heavy atom. The Hall–Kier alpha value is -1.91. The van der Waals surface area contributed by atoms with E-state index in [4.69, 9.17) is 9.15 Å². The van der Waals surface area contributed by atoms with Crippen molar-refractivity contribution in [2.45, 2.75) is 36.9 Å². The first-order valence-corrected chi connectivity index (χ1v) is 10.4. The molecule has 9 nitrogen and oxygen atoms in total. The number of methoxy groups -OCH3 is 1. The highest BCUT2D eigenvalue weighted by Crippen LogP contribution is 2.25. The predicted molar refractivity (Wildman–Crippen MR) is 93.5 cm³/mol. The third-order valence-electron chi connectivity index (χ3n) is 4.91. The summed E-state index contributed by atoms with van der Waals surface area (Å²) < 4.78 is 41.7. The minimum Gasteiger partial charge on any atom is -0.463 e. The smallest absolute Gasteiger partial charge is 0.374 e. The molecule has 27 heavy (non-hydrogen) atoms. The molecule has 2 saturated heterocycles. The number of nitrogens with zero attached hydrogens (tertiary/aromatic N) is 1. The monoisotopic (exact) mass is 400 g/mol. The first-order chi connectivity index (χ1) is 12.9. The van der Waals surface area contributed by atoms with Gasteiger partial charge in [-0.15, -0.1) is 0 Å². The Bertz CT molecular complexity index is 775. The molecular formula is C17H24N2O7S. The molecule has 3 rings (SSSR count). The number of furan rings is 1. The van der Waals surface area contributed by atoms with Gasteiger partial charge in [0.25, 0.3) is 10.0 Å². The number of hydrogen-bond donors (Lipinski definition) is 1. The maximum absolute atomic E-state index is 12.7.